The average molecular weight is 284 g/mol. The second-order valence-electron chi connectivity index (χ2n) is 4.74. The lowest BCUT2D eigenvalue weighted by atomic mass is 9.96. The predicted octanol–water partition coefficient (Wildman–Crippen LogP) is 1.20. The van der Waals surface area contributed by atoms with E-state index in [4.69, 9.17) is 24.7 Å². The average Bonchev–Trinajstić information content (AvgIpc) is 2.40. The Kier molecular flexibility index (Phi) is 5.66. The third-order valence-electron chi connectivity index (χ3n) is 3.23. The minimum absolute atomic E-state index is 0.684. The van der Waals surface area contributed by atoms with E-state index in [9.17, 15) is 0 Å². The molecule has 6 heteroatoms. The van der Waals surface area contributed by atoms with E-state index < -0.39 is 14.5 Å². The first-order chi connectivity index (χ1) is 8.88. The van der Waals surface area contributed by atoms with Crippen molar-refractivity contribution in [3.05, 3.63) is 35.4 Å². The van der Waals surface area contributed by atoms with E-state index in [-0.39, 0.29) is 0 Å². The molecule has 0 aliphatic rings. The van der Waals surface area contributed by atoms with Gasteiger partial charge >= 0.3 is 8.80 Å². The van der Waals surface area contributed by atoms with Gasteiger partial charge in [0.15, 0.2) is 0 Å². The van der Waals surface area contributed by atoms with Crippen LogP contribution in [0.1, 0.15) is 18.1 Å². The van der Waals surface area contributed by atoms with Crippen molar-refractivity contribution in [2.24, 2.45) is 11.5 Å². The lowest BCUT2D eigenvalue weighted by Crippen LogP contribution is -2.45. The molecule has 0 fully saturated rings. The molecule has 0 amide bonds. The van der Waals surface area contributed by atoms with E-state index in [0.717, 1.165) is 17.5 Å². The van der Waals surface area contributed by atoms with Crippen LogP contribution < -0.4 is 11.5 Å². The lowest BCUT2D eigenvalue weighted by molar-refractivity contribution is 0.123. The molecule has 1 rings (SSSR count). The molecule has 5 nitrogen and oxygen atoms in total. The van der Waals surface area contributed by atoms with E-state index in [1.165, 1.54) is 0 Å². The summed E-state index contributed by atoms with van der Waals surface area (Å²) in [6.45, 7) is 1.79. The summed E-state index contributed by atoms with van der Waals surface area (Å²) >= 11 is 0. The maximum Gasteiger partial charge on any atom is 0.500 e. The zero-order valence-corrected chi connectivity index (χ0v) is 13.1. The molecule has 0 radical (unpaired) electrons. The first kappa shape index (κ1) is 16.3. The summed E-state index contributed by atoms with van der Waals surface area (Å²) < 4.78 is 16.2. The maximum absolute atomic E-state index is 5.99. The van der Waals surface area contributed by atoms with Gasteiger partial charge in [0.2, 0.25) is 0 Å². The van der Waals surface area contributed by atoms with Crippen molar-refractivity contribution in [2.75, 3.05) is 21.3 Å². The predicted molar refractivity (Wildman–Crippen MR) is 77.5 cm³/mol. The highest BCUT2D eigenvalue weighted by Gasteiger charge is 2.37. The van der Waals surface area contributed by atoms with Crippen LogP contribution >= 0.6 is 0 Å². The van der Waals surface area contributed by atoms with Crippen molar-refractivity contribution >= 4 is 8.80 Å². The first-order valence-electron chi connectivity index (χ1n) is 6.20. The Labute approximate surface area is 116 Å². The van der Waals surface area contributed by atoms with Crippen LogP contribution in [-0.2, 0) is 25.4 Å². The molecular formula is C13H24N2O3Si. The van der Waals surface area contributed by atoms with Crippen LogP contribution in [0.2, 0.25) is 6.04 Å². The van der Waals surface area contributed by atoms with Crippen molar-refractivity contribution in [1.82, 2.24) is 0 Å². The molecule has 1 aromatic carbocycles. The third kappa shape index (κ3) is 4.10. The Morgan fingerprint density at radius 2 is 1.58 bits per heavy atom. The summed E-state index contributed by atoms with van der Waals surface area (Å²) in [5, 5.41) is 0. The summed E-state index contributed by atoms with van der Waals surface area (Å²) in [5.74, 6) is 0. The Bertz CT molecular complexity index is 395. The monoisotopic (exact) mass is 284 g/mol. The van der Waals surface area contributed by atoms with Crippen molar-refractivity contribution in [2.45, 2.75) is 25.1 Å². The zero-order valence-electron chi connectivity index (χ0n) is 12.1. The van der Waals surface area contributed by atoms with E-state index in [1.54, 1.807) is 28.3 Å². The standard InChI is InChI=1S/C13H24N2O3Si/c1-13(14,15)12-8-6-5-7-11(12)9-10-19(16-2,17-3)18-4/h5-8H,9-10,14-15H2,1-4H3. The molecule has 0 bridgehead atoms. The topological polar surface area (TPSA) is 79.7 Å². The first-order valence-corrected chi connectivity index (χ1v) is 8.13. The van der Waals surface area contributed by atoms with E-state index in [0.29, 0.717) is 6.04 Å². The van der Waals surface area contributed by atoms with Crippen LogP contribution in [0.5, 0.6) is 0 Å². The van der Waals surface area contributed by atoms with Crippen LogP contribution in [0, 0.1) is 0 Å². The van der Waals surface area contributed by atoms with E-state index >= 15 is 0 Å². The van der Waals surface area contributed by atoms with Crippen LogP contribution in [-0.4, -0.2) is 30.1 Å². The number of hydrogen-bond acceptors (Lipinski definition) is 5. The van der Waals surface area contributed by atoms with Gasteiger partial charge in [0.1, 0.15) is 0 Å². The Balaban J connectivity index is 2.89. The highest BCUT2D eigenvalue weighted by molar-refractivity contribution is 6.60. The lowest BCUT2D eigenvalue weighted by Gasteiger charge is -2.26. The normalized spacial score (nSPS) is 12.7. The smallest absolute Gasteiger partial charge is 0.377 e. The van der Waals surface area contributed by atoms with Gasteiger partial charge in [-0.3, -0.25) is 0 Å². The highest BCUT2D eigenvalue weighted by Crippen LogP contribution is 2.22. The zero-order chi connectivity index (χ0) is 14.5. The van der Waals surface area contributed by atoms with Gasteiger partial charge in [-0.1, -0.05) is 24.3 Å². The van der Waals surface area contributed by atoms with Crippen molar-refractivity contribution in [3.63, 3.8) is 0 Å². The molecule has 0 unspecified atom stereocenters. The molecule has 0 aromatic heterocycles. The molecule has 0 atom stereocenters. The molecular weight excluding hydrogens is 260 g/mol. The Morgan fingerprint density at radius 3 is 2.05 bits per heavy atom. The van der Waals surface area contributed by atoms with Crippen molar-refractivity contribution in [1.29, 1.82) is 0 Å². The SMILES string of the molecule is CO[Si](CCc1ccccc1C(C)(N)N)(OC)OC. The fraction of sp³-hybridized carbons (Fsp3) is 0.538. The molecule has 0 spiro atoms. The van der Waals surface area contributed by atoms with Gasteiger partial charge in [-0.15, -0.1) is 0 Å². The number of nitrogens with two attached hydrogens (primary N) is 2. The largest absolute Gasteiger partial charge is 0.500 e. The Hall–Kier alpha value is -0.763. The van der Waals surface area contributed by atoms with Gasteiger partial charge < -0.3 is 24.7 Å². The molecule has 1 aromatic rings. The molecule has 0 heterocycles. The van der Waals surface area contributed by atoms with Gasteiger partial charge in [0, 0.05) is 27.4 Å². The summed E-state index contributed by atoms with van der Waals surface area (Å²) in [7, 11) is 2.27. The van der Waals surface area contributed by atoms with Crippen LogP contribution in [0.15, 0.2) is 24.3 Å². The molecule has 0 aliphatic heterocycles. The third-order valence-corrected chi connectivity index (χ3v) is 5.96. The van der Waals surface area contributed by atoms with Crippen molar-refractivity contribution < 1.29 is 13.3 Å². The second kappa shape index (κ2) is 6.60. The molecule has 0 saturated heterocycles. The van der Waals surface area contributed by atoms with Gasteiger partial charge in [-0.2, -0.15) is 0 Å². The summed E-state index contributed by atoms with van der Waals surface area (Å²) in [6.07, 6.45) is 0.752. The van der Waals surface area contributed by atoms with Gasteiger partial charge in [0.25, 0.3) is 0 Å². The number of aryl methyl sites for hydroxylation is 1. The molecule has 4 N–H and O–H groups in total. The minimum Gasteiger partial charge on any atom is -0.377 e. The maximum atomic E-state index is 5.99. The van der Waals surface area contributed by atoms with Crippen LogP contribution in [0.25, 0.3) is 0 Å². The number of hydrogen-bond donors (Lipinski definition) is 2. The Morgan fingerprint density at radius 1 is 1.05 bits per heavy atom. The summed E-state index contributed by atoms with van der Waals surface area (Å²) in [4.78, 5) is 0. The highest BCUT2D eigenvalue weighted by atomic mass is 28.4. The van der Waals surface area contributed by atoms with Gasteiger partial charge in [-0.25, -0.2) is 0 Å². The van der Waals surface area contributed by atoms with Gasteiger partial charge in [-0.05, 0) is 24.5 Å². The van der Waals surface area contributed by atoms with Crippen LogP contribution in [0.3, 0.4) is 0 Å². The molecule has 19 heavy (non-hydrogen) atoms. The van der Waals surface area contributed by atoms with Crippen LogP contribution in [0.4, 0.5) is 0 Å². The quantitative estimate of drug-likeness (QED) is 0.581. The van der Waals surface area contributed by atoms with E-state index in [1.807, 2.05) is 24.3 Å². The minimum atomic E-state index is -2.56. The molecule has 0 saturated carbocycles. The van der Waals surface area contributed by atoms with Crippen molar-refractivity contribution in [3.8, 4) is 0 Å². The molecule has 108 valence electrons. The number of rotatable bonds is 7. The fourth-order valence-electron chi connectivity index (χ4n) is 2.11. The van der Waals surface area contributed by atoms with Gasteiger partial charge in [0.05, 0.1) is 5.66 Å². The van der Waals surface area contributed by atoms with E-state index in [2.05, 4.69) is 0 Å². The second-order valence-corrected chi connectivity index (χ2v) is 7.83. The fourth-order valence-corrected chi connectivity index (χ4v) is 3.80. The number of benzene rings is 1. The summed E-state index contributed by atoms with van der Waals surface area (Å²) in [5.41, 5.74) is 13.2. The molecule has 0 aliphatic carbocycles. The summed E-state index contributed by atoms with van der Waals surface area (Å²) in [6, 6.07) is 8.56.